The molecule has 0 aliphatic carbocycles. The number of rotatable bonds is 8. The van der Waals surface area contributed by atoms with Gasteiger partial charge in [-0.3, -0.25) is 14.3 Å². The summed E-state index contributed by atoms with van der Waals surface area (Å²) >= 11 is 1.29. The fourth-order valence-electron chi connectivity index (χ4n) is 2.64. The molecule has 1 unspecified atom stereocenters. The topological polar surface area (TPSA) is 76.0 Å². The van der Waals surface area contributed by atoms with Gasteiger partial charge in [0.15, 0.2) is 0 Å². The van der Waals surface area contributed by atoms with E-state index in [-0.39, 0.29) is 22.8 Å². The average Bonchev–Trinajstić information content (AvgIpc) is 3.15. The lowest BCUT2D eigenvalue weighted by Gasteiger charge is -2.11. The highest BCUT2D eigenvalue weighted by Crippen LogP contribution is 2.16. The third kappa shape index (κ3) is 6.50. The molecule has 0 radical (unpaired) electrons. The Morgan fingerprint density at radius 1 is 1.03 bits per heavy atom. The van der Waals surface area contributed by atoms with Crippen molar-refractivity contribution >= 4 is 35.0 Å². The Labute approximate surface area is 174 Å². The van der Waals surface area contributed by atoms with Gasteiger partial charge < -0.3 is 10.6 Å². The molecular weight excluding hydrogens is 384 g/mol. The number of aryl methyl sites for hydroxylation is 1. The molecule has 0 fully saturated rings. The molecule has 7 heteroatoms. The molecule has 0 bridgehead atoms. The quantitative estimate of drug-likeness (QED) is 0.592. The van der Waals surface area contributed by atoms with Gasteiger partial charge >= 0.3 is 0 Å². The molecule has 0 saturated heterocycles. The largest absolute Gasteiger partial charge is 0.325 e. The molecule has 3 rings (SSSR count). The fraction of sp³-hybridized carbons (Fsp3) is 0.227. The number of nitrogens with one attached hydrogen (secondary N) is 2. The maximum atomic E-state index is 12.4. The van der Waals surface area contributed by atoms with Crippen LogP contribution in [-0.4, -0.2) is 32.6 Å². The van der Waals surface area contributed by atoms with Gasteiger partial charge in [-0.25, -0.2) is 0 Å². The number of nitrogens with zero attached hydrogens (tertiary/aromatic N) is 2. The van der Waals surface area contributed by atoms with Crippen molar-refractivity contribution in [2.45, 2.75) is 25.6 Å². The number of hydrogen-bond acceptors (Lipinski definition) is 4. The smallest absolute Gasteiger partial charge is 0.237 e. The number of amides is 2. The minimum absolute atomic E-state index is 0.130. The average molecular weight is 409 g/mol. The van der Waals surface area contributed by atoms with Crippen LogP contribution >= 0.6 is 11.8 Å². The summed E-state index contributed by atoms with van der Waals surface area (Å²) in [6.45, 7) is 4.42. The molecule has 1 heterocycles. The summed E-state index contributed by atoms with van der Waals surface area (Å²) in [5.41, 5.74) is 3.67. The second-order valence-corrected chi connectivity index (χ2v) is 8.10. The van der Waals surface area contributed by atoms with Gasteiger partial charge in [0, 0.05) is 11.9 Å². The molecule has 1 aromatic heterocycles. The van der Waals surface area contributed by atoms with Gasteiger partial charge in [0.1, 0.15) is 0 Å². The van der Waals surface area contributed by atoms with E-state index in [2.05, 4.69) is 15.7 Å². The number of carbonyl (C=O) groups is 2. The zero-order valence-electron chi connectivity index (χ0n) is 16.5. The predicted molar refractivity (Wildman–Crippen MR) is 118 cm³/mol. The van der Waals surface area contributed by atoms with Crippen LogP contribution in [0.4, 0.5) is 11.4 Å². The Bertz CT molecular complexity index is 954. The molecule has 0 saturated carbocycles. The van der Waals surface area contributed by atoms with Crippen LogP contribution in [0.5, 0.6) is 0 Å². The summed E-state index contributed by atoms with van der Waals surface area (Å²) in [4.78, 5) is 24.5. The molecule has 0 aliphatic heterocycles. The van der Waals surface area contributed by atoms with Crippen LogP contribution in [-0.2, 0) is 16.1 Å². The van der Waals surface area contributed by atoms with Crippen LogP contribution in [0, 0.1) is 6.92 Å². The van der Waals surface area contributed by atoms with E-state index in [0.29, 0.717) is 12.2 Å². The van der Waals surface area contributed by atoms with Crippen LogP contribution in [0.3, 0.4) is 0 Å². The zero-order valence-corrected chi connectivity index (χ0v) is 17.3. The third-order valence-corrected chi connectivity index (χ3v) is 5.40. The van der Waals surface area contributed by atoms with Gasteiger partial charge in [0.05, 0.1) is 29.4 Å². The molecule has 2 amide bonds. The molecule has 2 N–H and O–H groups in total. The first-order chi connectivity index (χ1) is 14.0. The highest BCUT2D eigenvalue weighted by Gasteiger charge is 2.16. The van der Waals surface area contributed by atoms with Crippen LogP contribution in [0.25, 0.3) is 0 Å². The van der Waals surface area contributed by atoms with Crippen molar-refractivity contribution in [2.75, 3.05) is 16.4 Å². The standard InChI is InChI=1S/C22H24N4O2S/c1-16-8-10-19(11-9-16)24-21(27)15-29-17(2)22(28)25-20-12-23-26(14-20)13-18-6-4-3-5-7-18/h3-12,14,17H,13,15H2,1-2H3,(H,24,27)(H,25,28). The number of hydrogen-bond donors (Lipinski definition) is 2. The molecular formula is C22H24N4O2S. The highest BCUT2D eigenvalue weighted by molar-refractivity contribution is 8.01. The highest BCUT2D eigenvalue weighted by atomic mass is 32.2. The maximum Gasteiger partial charge on any atom is 0.237 e. The SMILES string of the molecule is Cc1ccc(NC(=O)CSC(C)C(=O)Nc2cnn(Cc3ccccc3)c2)cc1. The Morgan fingerprint density at radius 3 is 2.48 bits per heavy atom. The second kappa shape index (κ2) is 9.93. The minimum Gasteiger partial charge on any atom is -0.325 e. The molecule has 6 nitrogen and oxygen atoms in total. The number of anilines is 2. The van der Waals surface area contributed by atoms with Gasteiger partial charge in [0.2, 0.25) is 11.8 Å². The van der Waals surface area contributed by atoms with E-state index < -0.39 is 0 Å². The molecule has 150 valence electrons. The Hall–Kier alpha value is -3.06. The number of benzene rings is 2. The van der Waals surface area contributed by atoms with Gasteiger partial charge in [-0.1, -0.05) is 48.0 Å². The lowest BCUT2D eigenvalue weighted by Crippen LogP contribution is -2.24. The van der Waals surface area contributed by atoms with E-state index in [1.807, 2.05) is 61.5 Å². The molecule has 3 aromatic rings. The van der Waals surface area contributed by atoms with Gasteiger partial charge in [-0.05, 0) is 31.5 Å². The molecule has 0 spiro atoms. The van der Waals surface area contributed by atoms with Crippen molar-refractivity contribution in [3.63, 3.8) is 0 Å². The van der Waals surface area contributed by atoms with Crippen LogP contribution in [0.1, 0.15) is 18.1 Å². The maximum absolute atomic E-state index is 12.4. The fourth-order valence-corrected chi connectivity index (χ4v) is 3.32. The van der Waals surface area contributed by atoms with E-state index >= 15 is 0 Å². The number of aromatic nitrogens is 2. The van der Waals surface area contributed by atoms with Crippen LogP contribution in [0.2, 0.25) is 0 Å². The van der Waals surface area contributed by atoms with Crippen molar-refractivity contribution in [1.82, 2.24) is 9.78 Å². The van der Waals surface area contributed by atoms with Crippen molar-refractivity contribution in [2.24, 2.45) is 0 Å². The lowest BCUT2D eigenvalue weighted by molar-refractivity contribution is -0.115. The number of carbonyl (C=O) groups excluding carboxylic acids is 2. The normalized spacial score (nSPS) is 11.7. The summed E-state index contributed by atoms with van der Waals surface area (Å²) in [7, 11) is 0. The van der Waals surface area contributed by atoms with Crippen molar-refractivity contribution < 1.29 is 9.59 Å². The number of thioether (sulfide) groups is 1. The van der Waals surface area contributed by atoms with E-state index in [4.69, 9.17) is 0 Å². The van der Waals surface area contributed by atoms with Gasteiger partial charge in [0.25, 0.3) is 0 Å². The predicted octanol–water partition coefficient (Wildman–Crippen LogP) is 3.94. The molecule has 29 heavy (non-hydrogen) atoms. The van der Waals surface area contributed by atoms with Crippen LogP contribution < -0.4 is 10.6 Å². The summed E-state index contributed by atoms with van der Waals surface area (Å²) in [5.74, 6) is -0.0815. The van der Waals surface area contributed by atoms with E-state index in [1.165, 1.54) is 11.8 Å². The second-order valence-electron chi connectivity index (χ2n) is 6.77. The summed E-state index contributed by atoms with van der Waals surface area (Å²) in [6.07, 6.45) is 3.43. The zero-order chi connectivity index (χ0) is 20.6. The van der Waals surface area contributed by atoms with E-state index in [9.17, 15) is 9.59 Å². The monoisotopic (exact) mass is 408 g/mol. The minimum atomic E-state index is -0.365. The Kier molecular flexibility index (Phi) is 7.08. The van der Waals surface area contributed by atoms with Crippen molar-refractivity contribution in [3.8, 4) is 0 Å². The summed E-state index contributed by atoms with van der Waals surface area (Å²) in [6, 6.07) is 17.6. The van der Waals surface area contributed by atoms with Crippen LogP contribution in [0.15, 0.2) is 67.0 Å². The Morgan fingerprint density at radius 2 is 1.76 bits per heavy atom. The molecule has 1 atom stereocenters. The first kappa shape index (κ1) is 20.7. The molecule has 0 aliphatic rings. The third-order valence-electron chi connectivity index (χ3n) is 4.26. The lowest BCUT2D eigenvalue weighted by atomic mass is 10.2. The van der Waals surface area contributed by atoms with Crippen molar-refractivity contribution in [3.05, 3.63) is 78.1 Å². The van der Waals surface area contributed by atoms with E-state index in [0.717, 1.165) is 16.8 Å². The van der Waals surface area contributed by atoms with E-state index in [1.54, 1.807) is 24.0 Å². The summed E-state index contributed by atoms with van der Waals surface area (Å²) in [5, 5.41) is 9.61. The van der Waals surface area contributed by atoms with Gasteiger partial charge in [-0.15, -0.1) is 11.8 Å². The molecule has 2 aromatic carbocycles. The first-order valence-electron chi connectivity index (χ1n) is 9.35. The van der Waals surface area contributed by atoms with Gasteiger partial charge in [-0.2, -0.15) is 5.10 Å². The first-order valence-corrected chi connectivity index (χ1v) is 10.4. The summed E-state index contributed by atoms with van der Waals surface area (Å²) < 4.78 is 1.78. The Balaban J connectivity index is 1.44. The van der Waals surface area contributed by atoms with Crippen molar-refractivity contribution in [1.29, 1.82) is 0 Å².